The zero-order valence-electron chi connectivity index (χ0n) is 12.6. The number of nitrogens with one attached hydrogen (secondary N) is 1. The molecule has 0 aliphatic rings. The Kier molecular flexibility index (Phi) is 4.47. The molecule has 3 N–H and O–H groups in total. The summed E-state index contributed by atoms with van der Waals surface area (Å²) >= 11 is 0. The quantitative estimate of drug-likeness (QED) is 0.883. The highest BCUT2D eigenvalue weighted by Crippen LogP contribution is 2.19. The van der Waals surface area contributed by atoms with Gasteiger partial charge in [-0.2, -0.15) is 5.10 Å². The molecule has 0 atom stereocenters. The highest BCUT2D eigenvalue weighted by atomic mass is 16.2. The van der Waals surface area contributed by atoms with Crippen LogP contribution in [0, 0.1) is 0 Å². The summed E-state index contributed by atoms with van der Waals surface area (Å²) < 4.78 is 1.47. The van der Waals surface area contributed by atoms with E-state index in [0.717, 1.165) is 24.5 Å². The molecule has 0 aliphatic carbocycles. The van der Waals surface area contributed by atoms with Crippen LogP contribution in [-0.2, 0) is 7.05 Å². The number of nitrogens with two attached hydrogens (primary N) is 1. The Bertz CT molecular complexity index is 594. The van der Waals surface area contributed by atoms with Crippen molar-refractivity contribution in [2.45, 2.75) is 13.8 Å². The highest BCUT2D eigenvalue weighted by molar-refractivity contribution is 6.06. The molecule has 6 nitrogen and oxygen atoms in total. The van der Waals surface area contributed by atoms with Crippen LogP contribution in [-0.4, -0.2) is 28.8 Å². The number of carbonyl (C=O) groups excluding carboxylic acids is 1. The Morgan fingerprint density at radius 3 is 2.38 bits per heavy atom. The molecule has 2 rings (SSSR count). The van der Waals surface area contributed by atoms with Crippen molar-refractivity contribution >= 4 is 23.0 Å². The summed E-state index contributed by atoms with van der Waals surface area (Å²) in [6.07, 6.45) is 1.47. The normalized spacial score (nSPS) is 10.4. The molecule has 1 aromatic heterocycles. The van der Waals surface area contributed by atoms with Gasteiger partial charge < -0.3 is 16.0 Å². The van der Waals surface area contributed by atoms with Crippen molar-refractivity contribution in [2.75, 3.05) is 29.0 Å². The van der Waals surface area contributed by atoms with Gasteiger partial charge in [-0.3, -0.25) is 9.48 Å². The summed E-state index contributed by atoms with van der Waals surface area (Å²) in [5, 5.41) is 6.79. The van der Waals surface area contributed by atoms with E-state index in [1.165, 1.54) is 10.9 Å². The fraction of sp³-hybridized carbons (Fsp3) is 0.333. The Morgan fingerprint density at radius 2 is 1.90 bits per heavy atom. The lowest BCUT2D eigenvalue weighted by atomic mass is 10.2. The summed E-state index contributed by atoms with van der Waals surface area (Å²) in [5.41, 5.74) is 8.35. The predicted octanol–water partition coefficient (Wildman–Crippen LogP) is 2.10. The molecule has 0 aliphatic heterocycles. The third kappa shape index (κ3) is 3.16. The van der Waals surface area contributed by atoms with Crippen LogP contribution < -0.4 is 16.0 Å². The predicted molar refractivity (Wildman–Crippen MR) is 85.6 cm³/mol. The monoisotopic (exact) mass is 287 g/mol. The first-order valence-electron chi connectivity index (χ1n) is 7.00. The molecule has 0 radical (unpaired) electrons. The lowest BCUT2D eigenvalue weighted by Gasteiger charge is -2.21. The van der Waals surface area contributed by atoms with Crippen LogP contribution in [0.2, 0.25) is 0 Å². The van der Waals surface area contributed by atoms with Gasteiger partial charge in [0.1, 0.15) is 5.69 Å². The fourth-order valence-corrected chi connectivity index (χ4v) is 2.27. The maximum absolute atomic E-state index is 12.2. The molecular weight excluding hydrogens is 266 g/mol. The van der Waals surface area contributed by atoms with Crippen LogP contribution in [0.25, 0.3) is 0 Å². The van der Waals surface area contributed by atoms with Gasteiger partial charge in [0.05, 0.1) is 11.9 Å². The zero-order valence-corrected chi connectivity index (χ0v) is 12.6. The van der Waals surface area contributed by atoms with Gasteiger partial charge in [0.15, 0.2) is 0 Å². The number of amides is 1. The van der Waals surface area contributed by atoms with Gasteiger partial charge in [-0.15, -0.1) is 0 Å². The standard InChI is InChI=1S/C15H21N5O/c1-4-20(5-2)12-8-6-11(7-9-12)18-15(21)14-13(16)10-17-19(14)3/h6-10H,4-5,16H2,1-3H3,(H,18,21). The summed E-state index contributed by atoms with van der Waals surface area (Å²) in [5.74, 6) is -0.261. The van der Waals surface area contributed by atoms with Crippen molar-refractivity contribution in [3.8, 4) is 0 Å². The minimum absolute atomic E-state index is 0.261. The van der Waals surface area contributed by atoms with Crippen LogP contribution >= 0.6 is 0 Å². The Morgan fingerprint density at radius 1 is 1.29 bits per heavy atom. The number of anilines is 3. The van der Waals surface area contributed by atoms with Crippen LogP contribution in [0.1, 0.15) is 24.3 Å². The number of aromatic nitrogens is 2. The van der Waals surface area contributed by atoms with E-state index in [9.17, 15) is 4.79 Å². The van der Waals surface area contributed by atoms with Gasteiger partial charge in [0, 0.05) is 31.5 Å². The molecule has 0 fully saturated rings. The van der Waals surface area contributed by atoms with Gasteiger partial charge in [-0.1, -0.05) is 0 Å². The SMILES string of the molecule is CCN(CC)c1ccc(NC(=O)c2c(N)cnn2C)cc1. The van der Waals surface area contributed by atoms with Crippen LogP contribution in [0.5, 0.6) is 0 Å². The molecule has 1 amide bonds. The van der Waals surface area contributed by atoms with E-state index < -0.39 is 0 Å². The number of nitrogen functional groups attached to an aromatic ring is 1. The largest absolute Gasteiger partial charge is 0.396 e. The molecule has 0 bridgehead atoms. The maximum Gasteiger partial charge on any atom is 0.276 e. The summed E-state index contributed by atoms with van der Waals surface area (Å²) in [6, 6.07) is 7.76. The van der Waals surface area contributed by atoms with E-state index in [1.807, 2.05) is 24.3 Å². The van der Waals surface area contributed by atoms with Crippen molar-refractivity contribution in [1.29, 1.82) is 0 Å². The average Bonchev–Trinajstić information content (AvgIpc) is 2.81. The van der Waals surface area contributed by atoms with E-state index in [2.05, 4.69) is 29.2 Å². The van der Waals surface area contributed by atoms with Gasteiger partial charge in [-0.25, -0.2) is 0 Å². The van der Waals surface area contributed by atoms with E-state index in [-0.39, 0.29) is 5.91 Å². The van der Waals surface area contributed by atoms with Gasteiger partial charge in [0.2, 0.25) is 0 Å². The Hall–Kier alpha value is -2.50. The average molecular weight is 287 g/mol. The molecule has 1 heterocycles. The molecule has 0 spiro atoms. The third-order valence-electron chi connectivity index (χ3n) is 3.44. The minimum atomic E-state index is -0.261. The van der Waals surface area contributed by atoms with Crippen LogP contribution in [0.4, 0.5) is 17.1 Å². The molecule has 112 valence electrons. The molecule has 21 heavy (non-hydrogen) atoms. The number of benzene rings is 1. The molecule has 1 aromatic carbocycles. The Labute approximate surface area is 124 Å². The van der Waals surface area contributed by atoms with Crippen molar-refractivity contribution in [3.05, 3.63) is 36.2 Å². The first-order valence-corrected chi connectivity index (χ1v) is 7.00. The molecular formula is C15H21N5O. The molecule has 0 saturated carbocycles. The molecule has 6 heteroatoms. The molecule has 0 unspecified atom stereocenters. The topological polar surface area (TPSA) is 76.2 Å². The van der Waals surface area contributed by atoms with Crippen LogP contribution in [0.15, 0.2) is 30.5 Å². The van der Waals surface area contributed by atoms with Gasteiger partial charge in [0.25, 0.3) is 5.91 Å². The second-order valence-corrected chi connectivity index (χ2v) is 4.75. The molecule has 0 saturated heterocycles. The first kappa shape index (κ1) is 14.9. The number of carbonyl (C=O) groups is 1. The number of hydrogen-bond acceptors (Lipinski definition) is 4. The first-order chi connectivity index (χ1) is 10.1. The lowest BCUT2D eigenvalue weighted by Crippen LogP contribution is -2.21. The van der Waals surface area contributed by atoms with Crippen molar-refractivity contribution in [3.63, 3.8) is 0 Å². The molecule has 2 aromatic rings. The van der Waals surface area contributed by atoms with Crippen LogP contribution in [0.3, 0.4) is 0 Å². The van der Waals surface area contributed by atoms with Gasteiger partial charge in [-0.05, 0) is 38.1 Å². The number of nitrogens with zero attached hydrogens (tertiary/aromatic N) is 3. The highest BCUT2D eigenvalue weighted by Gasteiger charge is 2.15. The second kappa shape index (κ2) is 6.30. The Balaban J connectivity index is 2.12. The summed E-state index contributed by atoms with van der Waals surface area (Å²) in [7, 11) is 1.69. The second-order valence-electron chi connectivity index (χ2n) is 4.75. The van der Waals surface area contributed by atoms with Crippen molar-refractivity contribution < 1.29 is 4.79 Å². The minimum Gasteiger partial charge on any atom is -0.396 e. The van der Waals surface area contributed by atoms with E-state index in [4.69, 9.17) is 5.73 Å². The smallest absolute Gasteiger partial charge is 0.276 e. The third-order valence-corrected chi connectivity index (χ3v) is 3.44. The number of aryl methyl sites for hydroxylation is 1. The number of rotatable bonds is 5. The summed E-state index contributed by atoms with van der Waals surface area (Å²) in [6.45, 7) is 6.14. The van der Waals surface area contributed by atoms with Crippen molar-refractivity contribution in [1.82, 2.24) is 9.78 Å². The zero-order chi connectivity index (χ0) is 15.4. The van der Waals surface area contributed by atoms with E-state index >= 15 is 0 Å². The fourth-order valence-electron chi connectivity index (χ4n) is 2.27. The number of hydrogen-bond donors (Lipinski definition) is 2. The summed E-state index contributed by atoms with van der Waals surface area (Å²) in [4.78, 5) is 14.4. The maximum atomic E-state index is 12.2. The van der Waals surface area contributed by atoms with Crippen molar-refractivity contribution in [2.24, 2.45) is 7.05 Å². The lowest BCUT2D eigenvalue weighted by molar-refractivity contribution is 0.101. The van der Waals surface area contributed by atoms with Gasteiger partial charge >= 0.3 is 0 Å². The van der Waals surface area contributed by atoms with E-state index in [1.54, 1.807) is 7.05 Å². The van der Waals surface area contributed by atoms with E-state index in [0.29, 0.717) is 11.4 Å².